The average molecular weight is 315 g/mol. The molecule has 2 aromatic carbocycles. The second-order valence-electron chi connectivity index (χ2n) is 4.03. The minimum absolute atomic E-state index is 0.193. The van der Waals surface area contributed by atoms with Crippen LogP contribution in [0.15, 0.2) is 36.4 Å². The van der Waals surface area contributed by atoms with E-state index in [4.69, 9.17) is 23.2 Å². The van der Waals surface area contributed by atoms with Crippen LogP contribution < -0.4 is 5.32 Å². The highest BCUT2D eigenvalue weighted by atomic mass is 35.5. The summed E-state index contributed by atoms with van der Waals surface area (Å²) in [5, 5.41) is 14.4. The summed E-state index contributed by atoms with van der Waals surface area (Å²) in [5.74, 6) is -0.659. The lowest BCUT2D eigenvalue weighted by molar-refractivity contribution is -0.385. The summed E-state index contributed by atoms with van der Waals surface area (Å²) in [4.78, 5) is 10.0. The number of benzene rings is 2. The van der Waals surface area contributed by atoms with Gasteiger partial charge in [-0.2, -0.15) is 0 Å². The van der Waals surface area contributed by atoms with Gasteiger partial charge in [-0.05, 0) is 23.8 Å². The maximum Gasteiger partial charge on any atom is 0.272 e. The Balaban J connectivity index is 2.19. The van der Waals surface area contributed by atoms with Crippen molar-refractivity contribution in [3.05, 3.63) is 67.9 Å². The molecule has 0 fully saturated rings. The molecule has 0 aliphatic rings. The lowest BCUT2D eigenvalue weighted by atomic mass is 10.2. The molecule has 4 nitrogen and oxygen atoms in total. The Kier molecular flexibility index (Phi) is 4.42. The van der Waals surface area contributed by atoms with Gasteiger partial charge < -0.3 is 5.32 Å². The second kappa shape index (κ2) is 6.07. The number of rotatable bonds is 4. The Morgan fingerprint density at radius 3 is 2.70 bits per heavy atom. The zero-order valence-corrected chi connectivity index (χ0v) is 11.6. The number of nitro benzene ring substituents is 1. The van der Waals surface area contributed by atoms with Gasteiger partial charge in [0.15, 0.2) is 0 Å². The van der Waals surface area contributed by atoms with Crippen molar-refractivity contribution in [2.24, 2.45) is 0 Å². The molecular weight excluding hydrogens is 306 g/mol. The van der Waals surface area contributed by atoms with E-state index in [0.717, 1.165) is 6.07 Å². The molecule has 0 atom stereocenters. The van der Waals surface area contributed by atoms with Gasteiger partial charge in [0.1, 0.15) is 5.82 Å². The summed E-state index contributed by atoms with van der Waals surface area (Å²) in [6.45, 7) is 0.193. The molecule has 2 rings (SSSR count). The highest BCUT2D eigenvalue weighted by Crippen LogP contribution is 2.30. The zero-order chi connectivity index (χ0) is 14.7. The van der Waals surface area contributed by atoms with Crippen LogP contribution >= 0.6 is 23.2 Å². The summed E-state index contributed by atoms with van der Waals surface area (Å²) < 4.78 is 13.3. The van der Waals surface area contributed by atoms with Gasteiger partial charge in [-0.15, -0.1) is 0 Å². The Morgan fingerprint density at radius 2 is 2.00 bits per heavy atom. The molecule has 20 heavy (non-hydrogen) atoms. The SMILES string of the molecule is O=[N+]([O-])c1cc(F)cc(CNc2cccc(Cl)c2Cl)c1. The zero-order valence-electron chi connectivity index (χ0n) is 10.1. The molecule has 0 aliphatic heterocycles. The molecular formula is C13H9Cl2FN2O2. The first kappa shape index (κ1) is 14.6. The second-order valence-corrected chi connectivity index (χ2v) is 4.81. The molecule has 7 heteroatoms. The van der Waals surface area contributed by atoms with Gasteiger partial charge in [0.25, 0.3) is 5.69 Å². The Morgan fingerprint density at radius 1 is 1.25 bits per heavy atom. The quantitative estimate of drug-likeness (QED) is 0.660. The lowest BCUT2D eigenvalue weighted by Crippen LogP contribution is -2.01. The van der Waals surface area contributed by atoms with Crippen molar-refractivity contribution in [3.63, 3.8) is 0 Å². The first-order valence-electron chi connectivity index (χ1n) is 5.59. The number of non-ortho nitro benzene ring substituents is 1. The van der Waals surface area contributed by atoms with E-state index in [2.05, 4.69) is 5.32 Å². The summed E-state index contributed by atoms with van der Waals surface area (Å²) >= 11 is 11.9. The molecule has 0 aromatic heterocycles. The van der Waals surface area contributed by atoms with Crippen LogP contribution in [-0.2, 0) is 6.54 Å². The van der Waals surface area contributed by atoms with Crippen molar-refractivity contribution in [1.82, 2.24) is 0 Å². The molecule has 0 heterocycles. The normalized spacial score (nSPS) is 10.3. The van der Waals surface area contributed by atoms with Crippen molar-refractivity contribution in [2.75, 3.05) is 5.32 Å². The number of hydrogen-bond donors (Lipinski definition) is 1. The minimum atomic E-state index is -0.659. The van der Waals surface area contributed by atoms with Crippen LogP contribution in [-0.4, -0.2) is 4.92 Å². The van der Waals surface area contributed by atoms with Crippen LogP contribution in [0.3, 0.4) is 0 Å². The van der Waals surface area contributed by atoms with Gasteiger partial charge in [0.05, 0.1) is 26.7 Å². The first-order chi connectivity index (χ1) is 9.47. The Hall–Kier alpha value is -1.85. The van der Waals surface area contributed by atoms with Crippen LogP contribution in [0.2, 0.25) is 10.0 Å². The summed E-state index contributed by atoms with van der Waals surface area (Å²) in [7, 11) is 0. The van der Waals surface area contributed by atoms with Crippen LogP contribution in [0, 0.1) is 15.9 Å². The van der Waals surface area contributed by atoms with E-state index in [9.17, 15) is 14.5 Å². The number of anilines is 1. The third kappa shape index (κ3) is 3.37. The summed E-state index contributed by atoms with van der Waals surface area (Å²) in [6, 6.07) is 8.46. The van der Waals surface area contributed by atoms with Crippen LogP contribution in [0.4, 0.5) is 15.8 Å². The number of nitro groups is 1. The van der Waals surface area contributed by atoms with Crippen LogP contribution in [0.1, 0.15) is 5.56 Å². The standard InChI is InChI=1S/C13H9Cl2FN2O2/c14-11-2-1-3-12(13(11)15)17-7-8-4-9(16)6-10(5-8)18(19)20/h1-6,17H,7H2. The largest absolute Gasteiger partial charge is 0.380 e. The average Bonchev–Trinajstić information content (AvgIpc) is 2.40. The number of nitrogens with one attached hydrogen (secondary N) is 1. The van der Waals surface area contributed by atoms with E-state index in [0.29, 0.717) is 21.3 Å². The number of nitrogens with zero attached hydrogens (tertiary/aromatic N) is 1. The fraction of sp³-hybridized carbons (Fsp3) is 0.0769. The van der Waals surface area contributed by atoms with Crippen molar-refractivity contribution in [3.8, 4) is 0 Å². The lowest BCUT2D eigenvalue weighted by Gasteiger charge is -2.09. The molecule has 1 N–H and O–H groups in total. The smallest absolute Gasteiger partial charge is 0.272 e. The van der Waals surface area contributed by atoms with Gasteiger partial charge in [0.2, 0.25) is 0 Å². The van der Waals surface area contributed by atoms with Gasteiger partial charge in [-0.1, -0.05) is 29.3 Å². The maximum atomic E-state index is 13.3. The van der Waals surface area contributed by atoms with E-state index in [1.807, 2.05) is 0 Å². The predicted molar refractivity (Wildman–Crippen MR) is 76.8 cm³/mol. The molecule has 0 spiro atoms. The predicted octanol–water partition coefficient (Wildman–Crippen LogP) is 4.65. The fourth-order valence-corrected chi connectivity index (χ4v) is 2.05. The summed E-state index contributed by atoms with van der Waals surface area (Å²) in [5.41, 5.74) is 0.720. The third-order valence-electron chi connectivity index (χ3n) is 2.59. The molecule has 0 bridgehead atoms. The highest BCUT2D eigenvalue weighted by molar-refractivity contribution is 6.43. The molecule has 0 saturated carbocycles. The number of halogens is 3. The van der Waals surface area contributed by atoms with Gasteiger partial charge in [0, 0.05) is 12.6 Å². The molecule has 0 saturated heterocycles. The molecule has 0 radical (unpaired) electrons. The van der Waals surface area contributed by atoms with E-state index in [1.165, 1.54) is 12.1 Å². The minimum Gasteiger partial charge on any atom is -0.380 e. The third-order valence-corrected chi connectivity index (χ3v) is 3.41. The molecule has 0 unspecified atom stereocenters. The Labute approximate surface area is 124 Å². The van der Waals surface area contributed by atoms with Gasteiger partial charge in [-0.3, -0.25) is 10.1 Å². The first-order valence-corrected chi connectivity index (χ1v) is 6.34. The Bertz CT molecular complexity index is 665. The van der Waals surface area contributed by atoms with Crippen LogP contribution in [0.5, 0.6) is 0 Å². The van der Waals surface area contributed by atoms with E-state index < -0.39 is 10.7 Å². The van der Waals surface area contributed by atoms with Crippen molar-refractivity contribution < 1.29 is 9.31 Å². The fourth-order valence-electron chi connectivity index (χ4n) is 1.68. The van der Waals surface area contributed by atoms with Crippen molar-refractivity contribution in [1.29, 1.82) is 0 Å². The molecule has 0 aliphatic carbocycles. The summed E-state index contributed by atoms with van der Waals surface area (Å²) in [6.07, 6.45) is 0. The van der Waals surface area contributed by atoms with E-state index in [-0.39, 0.29) is 12.2 Å². The molecule has 0 amide bonds. The number of hydrogen-bond acceptors (Lipinski definition) is 3. The van der Waals surface area contributed by atoms with Gasteiger partial charge in [-0.25, -0.2) is 4.39 Å². The highest BCUT2D eigenvalue weighted by Gasteiger charge is 2.10. The maximum absolute atomic E-state index is 13.3. The van der Waals surface area contributed by atoms with E-state index >= 15 is 0 Å². The molecule has 2 aromatic rings. The van der Waals surface area contributed by atoms with Crippen molar-refractivity contribution >= 4 is 34.6 Å². The molecule has 104 valence electrons. The topological polar surface area (TPSA) is 55.2 Å². The van der Waals surface area contributed by atoms with E-state index in [1.54, 1.807) is 18.2 Å². The monoisotopic (exact) mass is 314 g/mol. The van der Waals surface area contributed by atoms with Gasteiger partial charge >= 0.3 is 0 Å². The van der Waals surface area contributed by atoms with Crippen LogP contribution in [0.25, 0.3) is 0 Å². The van der Waals surface area contributed by atoms with Crippen molar-refractivity contribution in [2.45, 2.75) is 6.54 Å².